The lowest BCUT2D eigenvalue weighted by Crippen LogP contribution is -2.46. The first-order valence-corrected chi connectivity index (χ1v) is 11.6. The van der Waals surface area contributed by atoms with Crippen molar-refractivity contribution in [3.05, 3.63) is 0 Å². The second-order valence-corrected chi connectivity index (χ2v) is 12.5. The van der Waals surface area contributed by atoms with Gasteiger partial charge in [-0.2, -0.15) is 0 Å². The third kappa shape index (κ3) is 8.41. The summed E-state index contributed by atoms with van der Waals surface area (Å²) in [7, 11) is 1.29. The molecule has 1 amide bonds. The highest BCUT2D eigenvalue weighted by Gasteiger charge is 2.28. The van der Waals surface area contributed by atoms with Crippen LogP contribution >= 0.6 is 0 Å². The molecule has 140 valence electrons. The Morgan fingerprint density at radius 3 is 2.25 bits per heavy atom. The molecule has 3 N–H and O–H groups in total. The lowest BCUT2D eigenvalue weighted by atomic mass is 10.1. The molecule has 0 rings (SSSR count). The number of rotatable bonds is 10. The summed E-state index contributed by atoms with van der Waals surface area (Å²) < 4.78 is 9.65. The molecule has 0 fully saturated rings. The van der Waals surface area contributed by atoms with Gasteiger partial charge in [0.05, 0.1) is 20.3 Å². The second-order valence-electron chi connectivity index (χ2n) is 6.85. The molecule has 0 aromatic heterocycles. The van der Waals surface area contributed by atoms with Crippen LogP contribution in [-0.4, -0.2) is 75.4 Å². The molecule has 0 radical (unpaired) electrons. The Hall–Kier alpha value is -1.45. The molecule has 0 aliphatic rings. The molecule has 0 aromatic rings. The number of hydrogen-bond acceptors (Lipinski definition) is 7. The van der Waals surface area contributed by atoms with Gasteiger partial charge in [-0.1, -0.05) is 19.6 Å². The summed E-state index contributed by atoms with van der Waals surface area (Å²) in [6.07, 6.45) is 0.0596. The number of likely N-dealkylation sites (N-methyl/N-ethyl adjacent to an activating group) is 1. The normalized spacial score (nSPS) is 13.8. The van der Waals surface area contributed by atoms with Gasteiger partial charge in [0.1, 0.15) is 6.04 Å². The van der Waals surface area contributed by atoms with Gasteiger partial charge in [0.25, 0.3) is 0 Å². The van der Waals surface area contributed by atoms with Gasteiger partial charge in [0, 0.05) is 21.5 Å². The summed E-state index contributed by atoms with van der Waals surface area (Å²) in [4.78, 5) is 36.5. The minimum absolute atomic E-state index is 0.0363. The van der Waals surface area contributed by atoms with E-state index in [1.807, 2.05) is 0 Å². The third-order valence-electron chi connectivity index (χ3n) is 3.58. The highest BCUT2D eigenvalue weighted by molar-refractivity contribution is 6.76. The van der Waals surface area contributed by atoms with Gasteiger partial charge < -0.3 is 25.2 Å². The summed E-state index contributed by atoms with van der Waals surface area (Å²) in [5, 5.41) is 9.39. The Morgan fingerprint density at radius 1 is 1.21 bits per heavy atom. The Labute approximate surface area is 144 Å². The van der Waals surface area contributed by atoms with Crippen LogP contribution in [0.25, 0.3) is 0 Å². The number of aliphatic hydroxyl groups is 1. The molecule has 0 heterocycles. The van der Waals surface area contributed by atoms with Crippen LogP contribution in [0.5, 0.6) is 0 Å². The molecule has 0 aliphatic carbocycles. The lowest BCUT2D eigenvalue weighted by Gasteiger charge is -2.26. The van der Waals surface area contributed by atoms with Gasteiger partial charge >= 0.3 is 11.9 Å². The van der Waals surface area contributed by atoms with Crippen LogP contribution in [0.3, 0.4) is 0 Å². The largest absolute Gasteiger partial charge is 0.468 e. The van der Waals surface area contributed by atoms with Crippen LogP contribution in [0.4, 0.5) is 0 Å². The number of esters is 2. The zero-order valence-corrected chi connectivity index (χ0v) is 16.2. The Kier molecular flexibility index (Phi) is 9.79. The van der Waals surface area contributed by atoms with Crippen LogP contribution in [0.2, 0.25) is 25.7 Å². The molecule has 2 atom stereocenters. The topological polar surface area (TPSA) is 119 Å². The number of nitrogens with zero attached hydrogens (tertiary/aromatic N) is 1. The zero-order chi connectivity index (χ0) is 18.9. The molecule has 0 aromatic carbocycles. The van der Waals surface area contributed by atoms with Gasteiger partial charge in [-0.05, 0) is 12.5 Å². The van der Waals surface area contributed by atoms with Crippen LogP contribution in [0.1, 0.15) is 12.8 Å². The monoisotopic (exact) mass is 362 g/mol. The van der Waals surface area contributed by atoms with Crippen molar-refractivity contribution in [1.82, 2.24) is 4.90 Å². The quantitative estimate of drug-likeness (QED) is 0.413. The molecule has 0 saturated carbocycles. The van der Waals surface area contributed by atoms with Crippen molar-refractivity contribution in [3.63, 3.8) is 0 Å². The SMILES string of the molecule is COC(=O)[C@H](N)CCC(=O)N(C)[C@@H](CO)C(=O)OCC[Si](C)(C)C. The highest BCUT2D eigenvalue weighted by Crippen LogP contribution is 2.10. The number of aliphatic hydroxyl groups excluding tert-OH is 1. The smallest absolute Gasteiger partial charge is 0.331 e. The Bertz CT molecular complexity index is 438. The van der Waals surface area contributed by atoms with Crippen LogP contribution in [0.15, 0.2) is 0 Å². The van der Waals surface area contributed by atoms with Gasteiger partial charge in [0.2, 0.25) is 5.91 Å². The van der Waals surface area contributed by atoms with E-state index >= 15 is 0 Å². The standard InChI is InChI=1S/C15H30N2O6Si/c1-17(13(19)7-6-11(16)14(20)22-2)12(10-18)15(21)23-8-9-24(3,4)5/h11-12,18H,6-10,16H2,1-5H3/t11-,12+/m1/s1. The van der Waals surface area contributed by atoms with Crippen molar-refractivity contribution in [2.45, 2.75) is 50.6 Å². The van der Waals surface area contributed by atoms with E-state index in [-0.39, 0.29) is 19.4 Å². The maximum absolute atomic E-state index is 12.1. The van der Waals surface area contributed by atoms with E-state index in [0.29, 0.717) is 0 Å². The minimum Gasteiger partial charge on any atom is -0.468 e. The van der Waals surface area contributed by atoms with Crippen LogP contribution in [0, 0.1) is 0 Å². The number of carbonyl (C=O) groups is 3. The number of amides is 1. The number of methoxy groups -OCH3 is 1. The molecular weight excluding hydrogens is 332 g/mol. The molecule has 24 heavy (non-hydrogen) atoms. The van der Waals surface area contributed by atoms with E-state index in [2.05, 4.69) is 24.4 Å². The zero-order valence-electron chi connectivity index (χ0n) is 15.2. The van der Waals surface area contributed by atoms with Crippen molar-refractivity contribution in [1.29, 1.82) is 0 Å². The summed E-state index contributed by atoms with van der Waals surface area (Å²) in [6, 6.07) is -1.15. The summed E-state index contributed by atoms with van der Waals surface area (Å²) in [5.41, 5.74) is 5.57. The van der Waals surface area contributed by atoms with Crippen molar-refractivity contribution in [2.75, 3.05) is 27.4 Å². The first-order chi connectivity index (χ1) is 11.0. The van der Waals surface area contributed by atoms with E-state index in [9.17, 15) is 19.5 Å². The number of ether oxygens (including phenoxy) is 2. The highest BCUT2D eigenvalue weighted by atomic mass is 28.3. The van der Waals surface area contributed by atoms with E-state index < -0.39 is 44.6 Å². The Balaban J connectivity index is 4.50. The summed E-state index contributed by atoms with van der Waals surface area (Å²) in [6.45, 7) is 6.22. The molecule has 0 unspecified atom stereocenters. The average molecular weight is 362 g/mol. The number of hydrogen-bond donors (Lipinski definition) is 2. The molecule has 0 bridgehead atoms. The van der Waals surface area contributed by atoms with Crippen molar-refractivity contribution in [2.24, 2.45) is 5.73 Å². The third-order valence-corrected chi connectivity index (χ3v) is 5.28. The van der Waals surface area contributed by atoms with Crippen molar-refractivity contribution in [3.8, 4) is 0 Å². The van der Waals surface area contributed by atoms with Crippen LogP contribution in [-0.2, 0) is 23.9 Å². The lowest BCUT2D eigenvalue weighted by molar-refractivity contribution is -0.155. The fraction of sp³-hybridized carbons (Fsp3) is 0.800. The summed E-state index contributed by atoms with van der Waals surface area (Å²) >= 11 is 0. The van der Waals surface area contributed by atoms with Crippen LogP contribution < -0.4 is 5.73 Å². The maximum Gasteiger partial charge on any atom is 0.331 e. The second kappa shape index (κ2) is 10.4. The maximum atomic E-state index is 12.1. The van der Waals surface area contributed by atoms with Crippen molar-refractivity contribution >= 4 is 25.9 Å². The Morgan fingerprint density at radius 2 is 1.79 bits per heavy atom. The summed E-state index contributed by atoms with van der Waals surface area (Å²) in [5.74, 6) is -1.64. The first kappa shape index (κ1) is 22.5. The van der Waals surface area contributed by atoms with Gasteiger partial charge in [-0.3, -0.25) is 9.59 Å². The predicted octanol–water partition coefficient (Wildman–Crippen LogP) is -0.0324. The van der Waals surface area contributed by atoms with Crippen molar-refractivity contribution < 1.29 is 29.0 Å². The molecule has 0 saturated heterocycles. The fourth-order valence-corrected chi connectivity index (χ4v) is 2.52. The van der Waals surface area contributed by atoms with E-state index in [1.165, 1.54) is 14.2 Å². The van der Waals surface area contributed by atoms with Gasteiger partial charge in [-0.25, -0.2) is 4.79 Å². The number of nitrogens with two attached hydrogens (primary N) is 1. The minimum atomic E-state index is -1.34. The van der Waals surface area contributed by atoms with Gasteiger partial charge in [-0.15, -0.1) is 0 Å². The molecule has 0 aliphatic heterocycles. The average Bonchev–Trinajstić information content (AvgIpc) is 2.50. The number of carbonyl (C=O) groups excluding carboxylic acids is 3. The predicted molar refractivity (Wildman–Crippen MR) is 92.0 cm³/mol. The van der Waals surface area contributed by atoms with E-state index in [1.54, 1.807) is 0 Å². The molecule has 8 nitrogen and oxygen atoms in total. The van der Waals surface area contributed by atoms with E-state index in [4.69, 9.17) is 10.5 Å². The van der Waals surface area contributed by atoms with Gasteiger partial charge in [0.15, 0.2) is 6.04 Å². The molecular formula is C15H30N2O6Si. The molecule has 9 heteroatoms. The molecule has 0 spiro atoms. The first-order valence-electron chi connectivity index (χ1n) is 7.90. The van der Waals surface area contributed by atoms with E-state index in [0.717, 1.165) is 10.9 Å². The fourth-order valence-electron chi connectivity index (χ4n) is 1.81.